The summed E-state index contributed by atoms with van der Waals surface area (Å²) in [5, 5.41) is 0. The summed E-state index contributed by atoms with van der Waals surface area (Å²) in [4.78, 5) is 11.7. The first-order valence-electron chi connectivity index (χ1n) is 5.74. The first-order valence-corrected chi connectivity index (χ1v) is 5.74. The van der Waals surface area contributed by atoms with Crippen LogP contribution in [0.3, 0.4) is 0 Å². The van der Waals surface area contributed by atoms with Gasteiger partial charge in [-0.1, -0.05) is 12.1 Å². The molecule has 0 atom stereocenters. The van der Waals surface area contributed by atoms with Crippen LogP contribution in [0, 0.1) is 11.6 Å². The van der Waals surface area contributed by atoms with Crippen molar-refractivity contribution in [2.75, 3.05) is 0 Å². The van der Waals surface area contributed by atoms with Gasteiger partial charge < -0.3 is 5.73 Å². The maximum Gasteiger partial charge on any atom is 0.162 e. The van der Waals surface area contributed by atoms with Gasteiger partial charge in [0, 0.05) is 18.4 Å². The van der Waals surface area contributed by atoms with Crippen LogP contribution < -0.4 is 5.73 Å². The van der Waals surface area contributed by atoms with E-state index in [0.29, 0.717) is 0 Å². The normalized spacial score (nSPS) is 17.6. The summed E-state index contributed by atoms with van der Waals surface area (Å²) in [5.41, 5.74) is 5.64. The fourth-order valence-electron chi connectivity index (χ4n) is 2.16. The molecular weight excluding hydrogens is 224 g/mol. The molecule has 1 saturated carbocycles. The highest BCUT2D eigenvalue weighted by atomic mass is 19.2. The van der Waals surface area contributed by atoms with Crippen molar-refractivity contribution in [2.45, 2.75) is 37.6 Å². The number of carbonyl (C=O) groups is 1. The summed E-state index contributed by atoms with van der Waals surface area (Å²) >= 11 is 0. The molecule has 0 saturated heterocycles. The van der Waals surface area contributed by atoms with Crippen LogP contribution in [0.4, 0.5) is 8.78 Å². The van der Waals surface area contributed by atoms with E-state index in [-0.39, 0.29) is 24.2 Å². The van der Waals surface area contributed by atoms with Gasteiger partial charge >= 0.3 is 0 Å². The first kappa shape index (κ1) is 12.2. The van der Waals surface area contributed by atoms with Crippen molar-refractivity contribution in [3.05, 3.63) is 35.4 Å². The van der Waals surface area contributed by atoms with Gasteiger partial charge in [0.25, 0.3) is 0 Å². The van der Waals surface area contributed by atoms with Gasteiger partial charge in [-0.3, -0.25) is 4.79 Å². The number of Topliss-reactive ketones (excluding diaryl/α,β-unsaturated/α-hetero) is 1. The number of hydrogen-bond donors (Lipinski definition) is 1. The van der Waals surface area contributed by atoms with E-state index in [2.05, 4.69) is 0 Å². The Labute approximate surface area is 98.8 Å². The number of benzene rings is 1. The summed E-state index contributed by atoms with van der Waals surface area (Å²) in [6.07, 6.45) is 2.89. The minimum atomic E-state index is -0.930. The monoisotopic (exact) mass is 239 g/mol. The van der Waals surface area contributed by atoms with E-state index in [1.807, 2.05) is 0 Å². The second-order valence-corrected chi connectivity index (χ2v) is 4.82. The van der Waals surface area contributed by atoms with Crippen molar-refractivity contribution in [3.63, 3.8) is 0 Å². The molecule has 1 aromatic rings. The third-order valence-electron chi connectivity index (χ3n) is 3.32. The zero-order valence-corrected chi connectivity index (χ0v) is 9.51. The molecule has 1 aliphatic carbocycles. The number of hydrogen-bond acceptors (Lipinski definition) is 2. The van der Waals surface area contributed by atoms with Gasteiger partial charge in [-0.15, -0.1) is 0 Å². The predicted molar refractivity (Wildman–Crippen MR) is 60.5 cm³/mol. The fourth-order valence-corrected chi connectivity index (χ4v) is 2.16. The summed E-state index contributed by atoms with van der Waals surface area (Å²) in [7, 11) is 0. The van der Waals surface area contributed by atoms with Crippen LogP contribution in [0.2, 0.25) is 0 Å². The standard InChI is InChI=1S/C13H15F2NO/c14-11-4-1-3-9(12(11)15)7-10(17)8-13(16)5-2-6-13/h1,3-4H,2,5-8,16H2. The lowest BCUT2D eigenvalue weighted by Gasteiger charge is -2.37. The summed E-state index contributed by atoms with van der Waals surface area (Å²) in [6.45, 7) is 0. The molecular formula is C13H15F2NO. The van der Waals surface area contributed by atoms with Crippen molar-refractivity contribution in [3.8, 4) is 0 Å². The highest BCUT2D eigenvalue weighted by Gasteiger charge is 2.34. The van der Waals surface area contributed by atoms with Gasteiger partial charge in [0.05, 0.1) is 0 Å². The van der Waals surface area contributed by atoms with E-state index in [1.165, 1.54) is 12.1 Å². The average Bonchev–Trinajstić information content (AvgIpc) is 2.22. The number of halogens is 2. The van der Waals surface area contributed by atoms with Crippen molar-refractivity contribution in [1.82, 2.24) is 0 Å². The zero-order chi connectivity index (χ0) is 12.5. The minimum Gasteiger partial charge on any atom is -0.325 e. The molecule has 1 aromatic carbocycles. The molecule has 0 amide bonds. The number of carbonyl (C=O) groups excluding carboxylic acids is 1. The van der Waals surface area contributed by atoms with E-state index in [1.54, 1.807) is 0 Å². The van der Waals surface area contributed by atoms with Crippen LogP contribution >= 0.6 is 0 Å². The van der Waals surface area contributed by atoms with Crippen LogP contribution in [0.1, 0.15) is 31.2 Å². The van der Waals surface area contributed by atoms with Crippen molar-refractivity contribution in [2.24, 2.45) is 5.73 Å². The van der Waals surface area contributed by atoms with Gasteiger partial charge in [0.15, 0.2) is 11.6 Å². The van der Waals surface area contributed by atoms with Crippen LogP contribution in [-0.2, 0) is 11.2 Å². The summed E-state index contributed by atoms with van der Waals surface area (Å²) in [6, 6.07) is 3.88. The van der Waals surface area contributed by atoms with E-state index in [0.717, 1.165) is 25.3 Å². The average molecular weight is 239 g/mol. The van der Waals surface area contributed by atoms with Crippen LogP contribution in [0.25, 0.3) is 0 Å². The van der Waals surface area contributed by atoms with Crippen LogP contribution in [0.5, 0.6) is 0 Å². The molecule has 0 spiro atoms. The molecule has 2 nitrogen and oxygen atoms in total. The Morgan fingerprint density at radius 2 is 2.06 bits per heavy atom. The largest absolute Gasteiger partial charge is 0.325 e. The lowest BCUT2D eigenvalue weighted by molar-refractivity contribution is -0.120. The van der Waals surface area contributed by atoms with Crippen molar-refractivity contribution in [1.29, 1.82) is 0 Å². The Bertz CT molecular complexity index is 441. The highest BCUT2D eigenvalue weighted by molar-refractivity contribution is 5.82. The molecule has 92 valence electrons. The quantitative estimate of drug-likeness (QED) is 0.876. The summed E-state index contributed by atoms with van der Waals surface area (Å²) < 4.78 is 26.3. The van der Waals surface area contributed by atoms with Gasteiger partial charge in [-0.2, -0.15) is 0 Å². The van der Waals surface area contributed by atoms with E-state index >= 15 is 0 Å². The molecule has 2 rings (SSSR count). The van der Waals surface area contributed by atoms with E-state index < -0.39 is 17.2 Å². The SMILES string of the molecule is NC1(CC(=O)Cc2cccc(F)c2F)CCC1. The van der Waals surface area contributed by atoms with E-state index in [9.17, 15) is 13.6 Å². The molecule has 0 bridgehead atoms. The number of nitrogens with two attached hydrogens (primary N) is 1. The minimum absolute atomic E-state index is 0.0808. The Balaban J connectivity index is 2.00. The first-order chi connectivity index (χ1) is 8.00. The fraction of sp³-hybridized carbons (Fsp3) is 0.462. The second kappa shape index (κ2) is 4.53. The Hall–Kier alpha value is -1.29. The molecule has 2 N–H and O–H groups in total. The lowest BCUT2D eigenvalue weighted by Crippen LogP contribution is -2.48. The van der Waals surface area contributed by atoms with E-state index in [4.69, 9.17) is 5.73 Å². The third kappa shape index (κ3) is 2.69. The van der Waals surface area contributed by atoms with Crippen LogP contribution in [-0.4, -0.2) is 11.3 Å². The van der Waals surface area contributed by atoms with Crippen molar-refractivity contribution < 1.29 is 13.6 Å². The number of ketones is 1. The molecule has 0 heterocycles. The molecule has 1 aliphatic rings. The number of rotatable bonds is 4. The molecule has 4 heteroatoms. The molecule has 0 unspecified atom stereocenters. The van der Waals surface area contributed by atoms with Crippen LogP contribution in [0.15, 0.2) is 18.2 Å². The van der Waals surface area contributed by atoms with Gasteiger partial charge in [0.1, 0.15) is 5.78 Å². The Kier molecular flexibility index (Phi) is 3.24. The maximum atomic E-state index is 13.3. The molecule has 17 heavy (non-hydrogen) atoms. The van der Waals surface area contributed by atoms with Gasteiger partial charge in [-0.25, -0.2) is 8.78 Å². The molecule has 0 aliphatic heterocycles. The Morgan fingerprint density at radius 1 is 1.35 bits per heavy atom. The molecule has 0 aromatic heterocycles. The highest BCUT2D eigenvalue weighted by Crippen LogP contribution is 2.32. The zero-order valence-electron chi connectivity index (χ0n) is 9.51. The summed E-state index contributed by atoms with van der Waals surface area (Å²) in [5.74, 6) is -1.97. The third-order valence-corrected chi connectivity index (χ3v) is 3.32. The van der Waals surface area contributed by atoms with Gasteiger partial charge in [0.2, 0.25) is 0 Å². The molecule has 1 fully saturated rings. The van der Waals surface area contributed by atoms with Crippen molar-refractivity contribution >= 4 is 5.78 Å². The maximum absolute atomic E-state index is 13.3. The second-order valence-electron chi connectivity index (χ2n) is 4.82. The van der Waals surface area contributed by atoms with Gasteiger partial charge in [-0.05, 0) is 30.9 Å². The smallest absolute Gasteiger partial charge is 0.162 e. The lowest BCUT2D eigenvalue weighted by atomic mass is 9.74. The predicted octanol–water partition coefficient (Wildman–Crippen LogP) is 2.35. The topological polar surface area (TPSA) is 43.1 Å². The Morgan fingerprint density at radius 3 is 2.65 bits per heavy atom. The molecule has 0 radical (unpaired) electrons.